The predicted octanol–water partition coefficient (Wildman–Crippen LogP) is 5.10. The first-order valence-corrected chi connectivity index (χ1v) is 8.20. The Morgan fingerprint density at radius 2 is 1.81 bits per heavy atom. The van der Waals surface area contributed by atoms with Gasteiger partial charge in [0, 0.05) is 11.5 Å². The Bertz CT molecular complexity index is 628. The summed E-state index contributed by atoms with van der Waals surface area (Å²) in [4.78, 5) is 0. The van der Waals surface area contributed by atoms with Gasteiger partial charge in [0.2, 0.25) is 0 Å². The van der Waals surface area contributed by atoms with Gasteiger partial charge in [-0.1, -0.05) is 55.3 Å². The van der Waals surface area contributed by atoms with E-state index < -0.39 is 5.54 Å². The Hall–Kier alpha value is -1.19. The van der Waals surface area contributed by atoms with Crippen LogP contribution in [0.2, 0.25) is 0 Å². The van der Waals surface area contributed by atoms with Crippen LogP contribution in [-0.2, 0) is 5.54 Å². The Labute approximate surface area is 133 Å². The lowest BCUT2D eigenvalue weighted by Gasteiger charge is -2.42. The lowest BCUT2D eigenvalue weighted by Crippen LogP contribution is -2.45. The van der Waals surface area contributed by atoms with Crippen molar-refractivity contribution in [3.05, 3.63) is 69.9 Å². The van der Waals surface area contributed by atoms with Crippen molar-refractivity contribution in [1.82, 2.24) is 0 Å². The summed E-state index contributed by atoms with van der Waals surface area (Å²) in [5.74, 6) is -0.0564. The first-order chi connectivity index (χ1) is 10.1. The molecule has 0 bridgehead atoms. The molecule has 2 N–H and O–H groups in total. The van der Waals surface area contributed by atoms with Crippen LogP contribution < -0.4 is 5.73 Å². The van der Waals surface area contributed by atoms with E-state index in [4.69, 9.17) is 5.73 Å². The molecule has 0 saturated heterocycles. The molecule has 0 heterocycles. The van der Waals surface area contributed by atoms with E-state index in [1.54, 1.807) is 6.07 Å². The molecule has 110 valence electrons. The summed E-state index contributed by atoms with van der Waals surface area (Å²) in [6.45, 7) is 0. The number of benzene rings is 2. The normalized spacial score (nSPS) is 25.8. The summed E-state index contributed by atoms with van der Waals surface area (Å²) in [6.07, 6.45) is 4.02. The van der Waals surface area contributed by atoms with Gasteiger partial charge in [0.15, 0.2) is 0 Å². The van der Waals surface area contributed by atoms with E-state index in [0.29, 0.717) is 10.0 Å². The van der Waals surface area contributed by atoms with Crippen molar-refractivity contribution >= 4 is 15.9 Å². The van der Waals surface area contributed by atoms with Crippen LogP contribution in [0.4, 0.5) is 4.39 Å². The molecule has 1 saturated carbocycles. The van der Waals surface area contributed by atoms with Crippen LogP contribution in [0.5, 0.6) is 0 Å². The van der Waals surface area contributed by atoms with Crippen molar-refractivity contribution < 1.29 is 4.39 Å². The van der Waals surface area contributed by atoms with Gasteiger partial charge in [0.05, 0.1) is 10.0 Å². The largest absolute Gasteiger partial charge is 0.321 e. The molecule has 21 heavy (non-hydrogen) atoms. The summed E-state index contributed by atoms with van der Waals surface area (Å²) in [5.41, 5.74) is 7.97. The molecule has 0 radical (unpaired) electrons. The Kier molecular flexibility index (Phi) is 4.14. The Morgan fingerprint density at radius 3 is 2.57 bits per heavy atom. The third-order valence-electron chi connectivity index (χ3n) is 4.61. The number of hydrogen-bond donors (Lipinski definition) is 1. The van der Waals surface area contributed by atoms with Crippen molar-refractivity contribution in [3.8, 4) is 0 Å². The topological polar surface area (TPSA) is 26.0 Å². The minimum absolute atomic E-state index is 0.163. The zero-order valence-electron chi connectivity index (χ0n) is 11.9. The molecule has 3 heteroatoms. The van der Waals surface area contributed by atoms with Crippen molar-refractivity contribution in [1.29, 1.82) is 0 Å². The number of halogens is 2. The van der Waals surface area contributed by atoms with E-state index in [2.05, 4.69) is 28.1 Å². The number of rotatable bonds is 2. The minimum atomic E-state index is -0.631. The molecule has 1 fully saturated rings. The number of nitrogens with two attached hydrogens (primary N) is 1. The van der Waals surface area contributed by atoms with E-state index >= 15 is 0 Å². The monoisotopic (exact) mass is 347 g/mol. The van der Waals surface area contributed by atoms with Gasteiger partial charge in [0.25, 0.3) is 0 Å². The number of hydrogen-bond acceptors (Lipinski definition) is 1. The van der Waals surface area contributed by atoms with Gasteiger partial charge in [-0.15, -0.1) is 0 Å². The highest BCUT2D eigenvalue weighted by molar-refractivity contribution is 9.10. The molecule has 3 rings (SSSR count). The molecule has 2 atom stereocenters. The SMILES string of the molecule is NC1(c2cccc(Br)c2F)CCCCC1c1ccccc1. The van der Waals surface area contributed by atoms with Crippen LogP contribution in [0.25, 0.3) is 0 Å². The van der Waals surface area contributed by atoms with Gasteiger partial charge in [-0.2, -0.15) is 0 Å². The third-order valence-corrected chi connectivity index (χ3v) is 5.22. The van der Waals surface area contributed by atoms with Gasteiger partial charge in [-0.25, -0.2) is 4.39 Å². The van der Waals surface area contributed by atoms with Gasteiger partial charge >= 0.3 is 0 Å². The van der Waals surface area contributed by atoms with E-state index in [1.165, 1.54) is 5.56 Å². The standard InChI is InChI=1S/C18H19BrFN/c19-16-11-6-10-15(17(16)20)18(21)12-5-4-9-14(18)13-7-2-1-3-8-13/h1-3,6-8,10-11,14H,4-5,9,12,21H2. The van der Waals surface area contributed by atoms with Gasteiger partial charge in [0.1, 0.15) is 5.82 Å². The Morgan fingerprint density at radius 1 is 1.05 bits per heavy atom. The maximum Gasteiger partial charge on any atom is 0.142 e. The zero-order chi connectivity index (χ0) is 14.9. The summed E-state index contributed by atoms with van der Waals surface area (Å²) < 4.78 is 15.1. The molecule has 1 aliphatic rings. The highest BCUT2D eigenvalue weighted by atomic mass is 79.9. The fourth-order valence-electron chi connectivity index (χ4n) is 3.53. The second kappa shape index (κ2) is 5.90. The van der Waals surface area contributed by atoms with Crippen molar-refractivity contribution in [2.75, 3.05) is 0 Å². The molecule has 2 aromatic carbocycles. The molecule has 2 aromatic rings. The highest BCUT2D eigenvalue weighted by Gasteiger charge is 2.41. The van der Waals surface area contributed by atoms with Gasteiger partial charge in [-0.3, -0.25) is 0 Å². The highest BCUT2D eigenvalue weighted by Crippen LogP contribution is 2.46. The van der Waals surface area contributed by atoms with Crippen molar-refractivity contribution in [3.63, 3.8) is 0 Å². The summed E-state index contributed by atoms with van der Waals surface area (Å²) in [6, 6.07) is 15.7. The second-order valence-electron chi connectivity index (χ2n) is 5.85. The lowest BCUT2D eigenvalue weighted by atomic mass is 9.67. The first-order valence-electron chi connectivity index (χ1n) is 7.41. The predicted molar refractivity (Wildman–Crippen MR) is 87.6 cm³/mol. The molecular weight excluding hydrogens is 329 g/mol. The maximum atomic E-state index is 14.6. The fourth-order valence-corrected chi connectivity index (χ4v) is 3.90. The maximum absolute atomic E-state index is 14.6. The van der Waals surface area contributed by atoms with E-state index in [1.807, 2.05) is 30.3 Å². The average molecular weight is 348 g/mol. The zero-order valence-corrected chi connectivity index (χ0v) is 13.4. The van der Waals surface area contributed by atoms with Crippen LogP contribution in [-0.4, -0.2) is 0 Å². The lowest BCUT2D eigenvalue weighted by molar-refractivity contribution is 0.247. The van der Waals surface area contributed by atoms with Crippen LogP contribution in [0.3, 0.4) is 0 Å². The molecular formula is C18H19BrFN. The summed E-state index contributed by atoms with van der Waals surface area (Å²) in [7, 11) is 0. The quantitative estimate of drug-likeness (QED) is 0.803. The minimum Gasteiger partial charge on any atom is -0.321 e. The second-order valence-corrected chi connectivity index (χ2v) is 6.71. The molecule has 0 spiro atoms. The smallest absolute Gasteiger partial charge is 0.142 e. The average Bonchev–Trinajstić information content (AvgIpc) is 2.51. The van der Waals surface area contributed by atoms with Crippen molar-refractivity contribution in [2.24, 2.45) is 5.73 Å². The summed E-state index contributed by atoms with van der Waals surface area (Å²) >= 11 is 3.28. The van der Waals surface area contributed by atoms with E-state index in [9.17, 15) is 4.39 Å². The van der Waals surface area contributed by atoms with Crippen LogP contribution >= 0.6 is 15.9 Å². The van der Waals surface area contributed by atoms with Crippen molar-refractivity contribution in [2.45, 2.75) is 37.1 Å². The molecule has 0 aliphatic heterocycles. The summed E-state index contributed by atoms with van der Waals surface area (Å²) in [5, 5.41) is 0. The molecule has 2 unspecified atom stereocenters. The molecule has 0 aromatic heterocycles. The van der Waals surface area contributed by atoms with Crippen LogP contribution in [0.1, 0.15) is 42.7 Å². The van der Waals surface area contributed by atoms with Crippen LogP contribution in [0, 0.1) is 5.82 Å². The van der Waals surface area contributed by atoms with E-state index in [0.717, 1.165) is 25.7 Å². The third kappa shape index (κ3) is 2.65. The van der Waals surface area contributed by atoms with Gasteiger partial charge < -0.3 is 5.73 Å². The molecule has 0 amide bonds. The first kappa shape index (κ1) is 14.7. The van der Waals surface area contributed by atoms with Gasteiger partial charge in [-0.05, 0) is 40.4 Å². The molecule has 1 nitrogen and oxygen atoms in total. The van der Waals surface area contributed by atoms with E-state index in [-0.39, 0.29) is 11.7 Å². The Balaban J connectivity index is 2.09. The van der Waals surface area contributed by atoms with Crippen LogP contribution in [0.15, 0.2) is 53.0 Å². The molecule has 1 aliphatic carbocycles. The fraction of sp³-hybridized carbons (Fsp3) is 0.333.